The Morgan fingerprint density at radius 3 is 2.39 bits per heavy atom. The van der Waals surface area contributed by atoms with E-state index in [0.29, 0.717) is 0 Å². The van der Waals surface area contributed by atoms with Gasteiger partial charge in [0.05, 0.1) is 0 Å². The van der Waals surface area contributed by atoms with Gasteiger partial charge in [0, 0.05) is 35.1 Å². The second-order valence-electron chi connectivity index (χ2n) is 4.79. The standard InChI is InChI=1S/C14H20BrIN2/c15-6-9-17-7-1-8-18(11-10-17)12-13-2-4-14(16)5-3-13/h2-5H,1,6-12H2. The molecule has 0 amide bonds. The van der Waals surface area contributed by atoms with Crippen LogP contribution < -0.4 is 0 Å². The Balaban J connectivity index is 1.84. The zero-order chi connectivity index (χ0) is 12.8. The summed E-state index contributed by atoms with van der Waals surface area (Å²) < 4.78 is 1.32. The van der Waals surface area contributed by atoms with E-state index in [1.165, 1.54) is 48.3 Å². The summed E-state index contributed by atoms with van der Waals surface area (Å²) in [5.74, 6) is 0. The average Bonchev–Trinajstić information content (AvgIpc) is 2.59. The van der Waals surface area contributed by atoms with Crippen molar-refractivity contribution in [1.82, 2.24) is 9.80 Å². The molecular weight excluding hydrogens is 403 g/mol. The van der Waals surface area contributed by atoms with Gasteiger partial charge in [-0.15, -0.1) is 0 Å². The van der Waals surface area contributed by atoms with Gasteiger partial charge in [0.2, 0.25) is 0 Å². The quantitative estimate of drug-likeness (QED) is 0.543. The molecule has 2 nitrogen and oxygen atoms in total. The third-order valence-corrected chi connectivity index (χ3v) is 4.48. The van der Waals surface area contributed by atoms with Crippen LogP contribution >= 0.6 is 38.5 Å². The number of hydrogen-bond acceptors (Lipinski definition) is 2. The number of benzene rings is 1. The lowest BCUT2D eigenvalue weighted by molar-refractivity contribution is 0.258. The number of halogens is 2. The zero-order valence-electron chi connectivity index (χ0n) is 10.6. The molecule has 0 bridgehead atoms. The van der Waals surface area contributed by atoms with Crippen LogP contribution in [0.5, 0.6) is 0 Å². The predicted molar refractivity (Wildman–Crippen MR) is 89.3 cm³/mol. The first-order chi connectivity index (χ1) is 8.78. The SMILES string of the molecule is BrCCN1CCCN(Cc2ccc(I)cc2)CC1. The molecule has 18 heavy (non-hydrogen) atoms. The maximum Gasteiger partial charge on any atom is 0.0234 e. The van der Waals surface area contributed by atoms with Crippen molar-refractivity contribution in [3.8, 4) is 0 Å². The van der Waals surface area contributed by atoms with Gasteiger partial charge in [0.15, 0.2) is 0 Å². The van der Waals surface area contributed by atoms with Gasteiger partial charge in [-0.1, -0.05) is 28.1 Å². The second-order valence-corrected chi connectivity index (χ2v) is 6.83. The first-order valence-electron chi connectivity index (χ1n) is 6.53. The van der Waals surface area contributed by atoms with Gasteiger partial charge in [-0.3, -0.25) is 4.90 Å². The van der Waals surface area contributed by atoms with Crippen molar-refractivity contribution >= 4 is 38.5 Å². The highest BCUT2D eigenvalue weighted by atomic mass is 127. The van der Waals surface area contributed by atoms with Crippen LogP contribution in [-0.2, 0) is 6.54 Å². The van der Waals surface area contributed by atoms with Crippen LogP contribution in [0.1, 0.15) is 12.0 Å². The first-order valence-corrected chi connectivity index (χ1v) is 8.73. The summed E-state index contributed by atoms with van der Waals surface area (Å²) >= 11 is 5.89. The molecule has 0 N–H and O–H groups in total. The molecule has 0 saturated carbocycles. The van der Waals surface area contributed by atoms with Gasteiger partial charge < -0.3 is 4.90 Å². The van der Waals surface area contributed by atoms with Crippen molar-refractivity contribution in [3.05, 3.63) is 33.4 Å². The van der Waals surface area contributed by atoms with Gasteiger partial charge >= 0.3 is 0 Å². The molecule has 2 rings (SSSR count). The Kier molecular flexibility index (Phi) is 6.41. The van der Waals surface area contributed by atoms with Crippen molar-refractivity contribution < 1.29 is 0 Å². The van der Waals surface area contributed by atoms with Crippen LogP contribution in [0.2, 0.25) is 0 Å². The van der Waals surface area contributed by atoms with Crippen LogP contribution in [0.3, 0.4) is 0 Å². The largest absolute Gasteiger partial charge is 0.301 e. The molecule has 4 heteroatoms. The molecule has 100 valence electrons. The molecule has 1 aromatic carbocycles. The van der Waals surface area contributed by atoms with Crippen molar-refractivity contribution in [2.24, 2.45) is 0 Å². The lowest BCUT2D eigenvalue weighted by Gasteiger charge is -2.21. The van der Waals surface area contributed by atoms with E-state index in [1.54, 1.807) is 0 Å². The van der Waals surface area contributed by atoms with Crippen LogP contribution in [0.15, 0.2) is 24.3 Å². The summed E-state index contributed by atoms with van der Waals surface area (Å²) in [7, 11) is 0. The summed E-state index contributed by atoms with van der Waals surface area (Å²) in [6.45, 7) is 7.14. The van der Waals surface area contributed by atoms with E-state index in [1.807, 2.05) is 0 Å². The van der Waals surface area contributed by atoms with E-state index in [4.69, 9.17) is 0 Å². The Hall–Kier alpha value is 0.350. The smallest absolute Gasteiger partial charge is 0.0234 e. The molecule has 0 aliphatic carbocycles. The summed E-state index contributed by atoms with van der Waals surface area (Å²) in [4.78, 5) is 5.14. The fourth-order valence-electron chi connectivity index (χ4n) is 2.37. The molecule has 1 fully saturated rings. The molecular formula is C14H20BrIN2. The average molecular weight is 423 g/mol. The topological polar surface area (TPSA) is 6.48 Å². The van der Waals surface area contributed by atoms with Crippen LogP contribution in [0.25, 0.3) is 0 Å². The summed E-state index contributed by atoms with van der Waals surface area (Å²) in [6, 6.07) is 8.90. The Bertz CT molecular complexity index is 355. The summed E-state index contributed by atoms with van der Waals surface area (Å²) in [6.07, 6.45) is 1.29. The Labute approximate surface area is 132 Å². The minimum absolute atomic E-state index is 1.09. The minimum atomic E-state index is 1.09. The zero-order valence-corrected chi connectivity index (χ0v) is 14.4. The molecule has 1 aromatic rings. The van der Waals surface area contributed by atoms with Gasteiger partial charge in [-0.2, -0.15) is 0 Å². The number of hydrogen-bond donors (Lipinski definition) is 0. The fourth-order valence-corrected chi connectivity index (χ4v) is 3.23. The van der Waals surface area contributed by atoms with Crippen molar-refractivity contribution in [3.63, 3.8) is 0 Å². The molecule has 0 radical (unpaired) electrons. The molecule has 0 unspecified atom stereocenters. The molecule has 0 atom stereocenters. The van der Waals surface area contributed by atoms with E-state index in [2.05, 4.69) is 72.6 Å². The highest BCUT2D eigenvalue weighted by Crippen LogP contribution is 2.11. The second kappa shape index (κ2) is 7.82. The maximum atomic E-state index is 3.53. The first kappa shape index (κ1) is 14.8. The Morgan fingerprint density at radius 2 is 1.67 bits per heavy atom. The van der Waals surface area contributed by atoms with Gasteiger partial charge in [-0.25, -0.2) is 0 Å². The number of nitrogens with zero attached hydrogens (tertiary/aromatic N) is 2. The normalized spacial score (nSPS) is 18.8. The van der Waals surface area contributed by atoms with Gasteiger partial charge in [0.1, 0.15) is 0 Å². The number of rotatable bonds is 4. The summed E-state index contributed by atoms with van der Waals surface area (Å²) in [5, 5.41) is 1.09. The third kappa shape index (κ3) is 4.79. The molecule has 1 heterocycles. The molecule has 0 aromatic heterocycles. The summed E-state index contributed by atoms with van der Waals surface area (Å²) in [5.41, 5.74) is 1.43. The molecule has 1 aliphatic rings. The highest BCUT2D eigenvalue weighted by molar-refractivity contribution is 14.1. The lowest BCUT2D eigenvalue weighted by Crippen LogP contribution is -2.31. The van der Waals surface area contributed by atoms with Gasteiger partial charge in [-0.05, 0) is 59.8 Å². The Morgan fingerprint density at radius 1 is 1.00 bits per heavy atom. The highest BCUT2D eigenvalue weighted by Gasteiger charge is 2.14. The third-order valence-electron chi connectivity index (χ3n) is 3.40. The van der Waals surface area contributed by atoms with Crippen molar-refractivity contribution in [1.29, 1.82) is 0 Å². The van der Waals surface area contributed by atoms with E-state index in [0.717, 1.165) is 11.9 Å². The molecule has 0 spiro atoms. The van der Waals surface area contributed by atoms with Crippen LogP contribution in [0.4, 0.5) is 0 Å². The van der Waals surface area contributed by atoms with Crippen LogP contribution in [-0.4, -0.2) is 47.9 Å². The van der Waals surface area contributed by atoms with Crippen LogP contribution in [0, 0.1) is 3.57 Å². The van der Waals surface area contributed by atoms with E-state index >= 15 is 0 Å². The number of alkyl halides is 1. The van der Waals surface area contributed by atoms with Crippen molar-refractivity contribution in [2.75, 3.05) is 38.1 Å². The van der Waals surface area contributed by atoms with E-state index in [-0.39, 0.29) is 0 Å². The molecule has 1 aliphatic heterocycles. The lowest BCUT2D eigenvalue weighted by atomic mass is 10.2. The maximum absolute atomic E-state index is 3.53. The fraction of sp³-hybridized carbons (Fsp3) is 0.571. The molecule has 1 saturated heterocycles. The minimum Gasteiger partial charge on any atom is -0.301 e. The van der Waals surface area contributed by atoms with Gasteiger partial charge in [0.25, 0.3) is 0 Å². The van der Waals surface area contributed by atoms with E-state index in [9.17, 15) is 0 Å². The predicted octanol–water partition coefficient (Wildman–Crippen LogP) is 3.19. The van der Waals surface area contributed by atoms with Crippen molar-refractivity contribution in [2.45, 2.75) is 13.0 Å². The monoisotopic (exact) mass is 422 g/mol. The van der Waals surface area contributed by atoms with E-state index < -0.39 is 0 Å².